The molecule has 0 unspecified atom stereocenters. The smallest absolute Gasteiger partial charge is 0.263 e. The molecule has 0 heterocycles. The fourth-order valence-corrected chi connectivity index (χ4v) is 4.71. The van der Waals surface area contributed by atoms with Crippen molar-refractivity contribution in [2.75, 3.05) is 17.7 Å². The van der Waals surface area contributed by atoms with Crippen LogP contribution in [-0.2, 0) is 14.8 Å². The van der Waals surface area contributed by atoms with Gasteiger partial charge in [-0.3, -0.25) is 9.10 Å². The van der Waals surface area contributed by atoms with Crippen LogP contribution >= 0.6 is 15.9 Å². The molecule has 0 aliphatic heterocycles. The third kappa shape index (κ3) is 6.58. The number of para-hydroxylation sites is 1. The highest BCUT2D eigenvalue weighted by Crippen LogP contribution is 2.27. The predicted octanol–water partition coefficient (Wildman–Crippen LogP) is 4.55. The minimum Gasteiger partial charge on any atom is -0.496 e. The summed E-state index contributed by atoms with van der Waals surface area (Å²) in [5.41, 5.74) is 3.36. The van der Waals surface area contributed by atoms with Crippen LogP contribution in [0.4, 0.5) is 5.69 Å². The van der Waals surface area contributed by atoms with Crippen molar-refractivity contribution in [2.45, 2.75) is 13.0 Å². The van der Waals surface area contributed by atoms with Crippen molar-refractivity contribution in [1.82, 2.24) is 5.43 Å². The van der Waals surface area contributed by atoms with Crippen molar-refractivity contribution in [1.29, 1.82) is 0 Å². The van der Waals surface area contributed by atoms with Crippen molar-refractivity contribution in [3.05, 3.63) is 82.8 Å². The number of hydrogen-bond donors (Lipinski definition) is 1. The Labute approximate surface area is 207 Å². The van der Waals surface area contributed by atoms with E-state index in [2.05, 4.69) is 26.5 Å². The van der Waals surface area contributed by atoms with E-state index in [9.17, 15) is 13.2 Å². The zero-order valence-electron chi connectivity index (χ0n) is 18.8. The Hall–Kier alpha value is -3.37. The summed E-state index contributed by atoms with van der Waals surface area (Å²) in [6.45, 7) is 1.49. The summed E-state index contributed by atoms with van der Waals surface area (Å²) in [4.78, 5) is 12.7. The standard InChI is InChI=1S/C24H24BrN3O5S/c1-17(24(29)27-26-16-18-15-19(25)9-14-23(18)32-2)28(34(3,30)31)20-10-12-22(13-11-20)33-21-7-5-4-6-8-21/h4-17H,1-3H3,(H,27,29)/b26-16-/t17-/m1/s1. The second kappa shape index (κ2) is 11.2. The fourth-order valence-electron chi connectivity index (χ4n) is 3.16. The lowest BCUT2D eigenvalue weighted by Gasteiger charge is -2.27. The van der Waals surface area contributed by atoms with Gasteiger partial charge in [0.2, 0.25) is 10.0 Å². The Morgan fingerprint density at radius 1 is 1.06 bits per heavy atom. The van der Waals surface area contributed by atoms with E-state index in [4.69, 9.17) is 9.47 Å². The van der Waals surface area contributed by atoms with Crippen molar-refractivity contribution >= 4 is 43.8 Å². The molecule has 3 aromatic carbocycles. The van der Waals surface area contributed by atoms with Crippen LogP contribution in [0.3, 0.4) is 0 Å². The Morgan fingerprint density at radius 2 is 1.71 bits per heavy atom. The van der Waals surface area contributed by atoms with E-state index >= 15 is 0 Å². The van der Waals surface area contributed by atoms with Gasteiger partial charge in [0.05, 0.1) is 25.3 Å². The van der Waals surface area contributed by atoms with Crippen molar-refractivity contribution in [3.8, 4) is 17.2 Å². The van der Waals surface area contributed by atoms with E-state index in [0.717, 1.165) is 15.0 Å². The normalized spacial score (nSPS) is 12.2. The van der Waals surface area contributed by atoms with Crippen LogP contribution in [0.25, 0.3) is 0 Å². The third-order valence-electron chi connectivity index (χ3n) is 4.73. The number of hydrogen-bond acceptors (Lipinski definition) is 6. The maximum Gasteiger partial charge on any atom is 0.263 e. The van der Waals surface area contributed by atoms with E-state index in [1.165, 1.54) is 20.2 Å². The summed E-state index contributed by atoms with van der Waals surface area (Å²) in [6.07, 6.45) is 2.47. The minimum atomic E-state index is -3.77. The number of methoxy groups -OCH3 is 1. The average molecular weight is 546 g/mol. The highest BCUT2D eigenvalue weighted by atomic mass is 79.9. The molecule has 0 fully saturated rings. The van der Waals surface area contributed by atoms with Gasteiger partial charge in [0.25, 0.3) is 5.91 Å². The van der Waals surface area contributed by atoms with Gasteiger partial charge in [0, 0.05) is 10.0 Å². The zero-order chi connectivity index (χ0) is 24.7. The lowest BCUT2D eigenvalue weighted by molar-refractivity contribution is -0.121. The summed E-state index contributed by atoms with van der Waals surface area (Å²) in [5.74, 6) is 1.17. The van der Waals surface area contributed by atoms with Gasteiger partial charge in [0.1, 0.15) is 23.3 Å². The Bertz CT molecular complexity index is 1270. The lowest BCUT2D eigenvalue weighted by atomic mass is 10.2. The molecule has 0 bridgehead atoms. The first kappa shape index (κ1) is 25.3. The number of sulfonamides is 1. The molecule has 1 atom stereocenters. The van der Waals surface area contributed by atoms with Crippen LogP contribution < -0.4 is 19.2 Å². The zero-order valence-corrected chi connectivity index (χ0v) is 21.2. The number of hydrazone groups is 1. The fraction of sp³-hybridized carbons (Fsp3) is 0.167. The quantitative estimate of drug-likeness (QED) is 0.314. The lowest BCUT2D eigenvalue weighted by Crippen LogP contribution is -2.46. The summed E-state index contributed by atoms with van der Waals surface area (Å²) >= 11 is 3.37. The Balaban J connectivity index is 1.75. The van der Waals surface area contributed by atoms with Crippen LogP contribution in [0.15, 0.2) is 82.4 Å². The SMILES string of the molecule is COc1ccc(Br)cc1/C=N\NC(=O)[C@@H](C)N(c1ccc(Oc2ccccc2)cc1)S(C)(=O)=O. The van der Waals surface area contributed by atoms with E-state index in [-0.39, 0.29) is 0 Å². The maximum absolute atomic E-state index is 12.7. The number of ether oxygens (including phenoxy) is 2. The number of nitrogens with zero attached hydrogens (tertiary/aromatic N) is 2. The van der Waals surface area contributed by atoms with Gasteiger partial charge >= 0.3 is 0 Å². The first-order valence-electron chi connectivity index (χ1n) is 10.2. The molecule has 1 N–H and O–H groups in total. The van der Waals surface area contributed by atoms with Crippen molar-refractivity contribution < 1.29 is 22.7 Å². The molecule has 34 heavy (non-hydrogen) atoms. The Morgan fingerprint density at radius 3 is 2.32 bits per heavy atom. The first-order chi connectivity index (χ1) is 16.2. The van der Waals surface area contributed by atoms with E-state index in [1.807, 2.05) is 36.4 Å². The number of carbonyl (C=O) groups is 1. The largest absolute Gasteiger partial charge is 0.496 e. The second-order valence-corrected chi connectivity index (χ2v) is 10.0. The molecule has 3 aromatic rings. The number of anilines is 1. The van der Waals surface area contributed by atoms with Crippen LogP contribution in [0.1, 0.15) is 12.5 Å². The Kier molecular flexibility index (Phi) is 8.30. The van der Waals surface area contributed by atoms with Gasteiger partial charge < -0.3 is 9.47 Å². The number of carbonyl (C=O) groups excluding carboxylic acids is 1. The summed E-state index contributed by atoms with van der Waals surface area (Å²) in [6, 6.07) is 19.9. The summed E-state index contributed by atoms with van der Waals surface area (Å²) < 4.78 is 37.9. The molecular formula is C24H24BrN3O5S. The first-order valence-corrected chi connectivity index (χ1v) is 12.8. The van der Waals surface area contributed by atoms with Gasteiger partial charge in [-0.2, -0.15) is 5.10 Å². The average Bonchev–Trinajstić information content (AvgIpc) is 2.80. The molecule has 1 amide bonds. The second-order valence-electron chi connectivity index (χ2n) is 7.26. The molecule has 0 radical (unpaired) electrons. The van der Waals surface area contributed by atoms with Gasteiger partial charge in [-0.15, -0.1) is 0 Å². The number of halogens is 1. The molecule has 8 nitrogen and oxygen atoms in total. The van der Waals surface area contributed by atoms with Gasteiger partial charge in [0.15, 0.2) is 0 Å². The minimum absolute atomic E-state index is 0.322. The maximum atomic E-state index is 12.7. The third-order valence-corrected chi connectivity index (χ3v) is 6.46. The van der Waals surface area contributed by atoms with E-state index in [1.54, 1.807) is 36.4 Å². The number of rotatable bonds is 9. The van der Waals surface area contributed by atoms with E-state index < -0.39 is 22.0 Å². The number of amides is 1. The predicted molar refractivity (Wildman–Crippen MR) is 136 cm³/mol. The molecule has 0 aliphatic rings. The molecule has 0 spiro atoms. The number of nitrogens with one attached hydrogen (secondary N) is 1. The molecule has 10 heteroatoms. The van der Waals surface area contributed by atoms with Crippen LogP contribution in [0.5, 0.6) is 17.2 Å². The van der Waals surface area contributed by atoms with Crippen LogP contribution in [0, 0.1) is 0 Å². The van der Waals surface area contributed by atoms with Gasteiger partial charge in [-0.25, -0.2) is 13.8 Å². The summed E-state index contributed by atoms with van der Waals surface area (Å²) in [7, 11) is -2.24. The molecule has 0 aromatic heterocycles. The summed E-state index contributed by atoms with van der Waals surface area (Å²) in [5, 5.41) is 3.96. The van der Waals surface area contributed by atoms with E-state index in [0.29, 0.717) is 28.5 Å². The highest BCUT2D eigenvalue weighted by Gasteiger charge is 2.29. The molecule has 0 aliphatic carbocycles. The van der Waals surface area contributed by atoms with Crippen LogP contribution in [0.2, 0.25) is 0 Å². The molecular weight excluding hydrogens is 522 g/mol. The molecule has 0 saturated heterocycles. The highest BCUT2D eigenvalue weighted by molar-refractivity contribution is 9.10. The topological polar surface area (TPSA) is 97.3 Å². The van der Waals surface area contributed by atoms with Gasteiger partial charge in [-0.1, -0.05) is 34.1 Å². The van der Waals surface area contributed by atoms with Crippen molar-refractivity contribution in [2.24, 2.45) is 5.10 Å². The molecule has 3 rings (SSSR count). The van der Waals surface area contributed by atoms with Gasteiger partial charge in [-0.05, 0) is 61.5 Å². The monoisotopic (exact) mass is 545 g/mol. The molecule has 0 saturated carbocycles. The number of benzene rings is 3. The molecule has 178 valence electrons. The van der Waals surface area contributed by atoms with Crippen molar-refractivity contribution in [3.63, 3.8) is 0 Å². The van der Waals surface area contributed by atoms with Crippen LogP contribution in [-0.4, -0.2) is 39.9 Å².